The van der Waals surface area contributed by atoms with Crippen molar-refractivity contribution < 1.29 is 18.7 Å². The number of hydrogen-bond donors (Lipinski definition) is 2. The molecule has 6 heteroatoms. The van der Waals surface area contributed by atoms with Crippen molar-refractivity contribution in [1.82, 2.24) is 5.32 Å². The third-order valence-corrected chi connectivity index (χ3v) is 4.13. The molecule has 0 saturated carbocycles. The molecule has 5 nitrogen and oxygen atoms in total. The average molecular weight is 358 g/mol. The lowest BCUT2D eigenvalue weighted by Gasteiger charge is -2.25. The van der Waals surface area contributed by atoms with E-state index < -0.39 is 17.2 Å². The van der Waals surface area contributed by atoms with Gasteiger partial charge >= 0.3 is 11.8 Å². The molecule has 0 aliphatic carbocycles. The highest BCUT2D eigenvalue weighted by molar-refractivity contribution is 6.39. The van der Waals surface area contributed by atoms with Crippen molar-refractivity contribution in [1.29, 1.82) is 0 Å². The van der Waals surface area contributed by atoms with E-state index in [1.54, 1.807) is 24.3 Å². The monoisotopic (exact) mass is 358 g/mol. The van der Waals surface area contributed by atoms with Gasteiger partial charge in [-0.3, -0.25) is 9.59 Å². The Morgan fingerprint density at radius 1 is 1.08 bits per heavy atom. The van der Waals surface area contributed by atoms with Crippen LogP contribution >= 0.6 is 0 Å². The second kappa shape index (κ2) is 7.99. The minimum absolute atomic E-state index is 0.232. The van der Waals surface area contributed by atoms with Gasteiger partial charge in [0.2, 0.25) is 0 Å². The minimum Gasteiger partial charge on any atom is -0.495 e. The van der Waals surface area contributed by atoms with Crippen molar-refractivity contribution in [2.75, 3.05) is 19.0 Å². The molecule has 0 fully saturated rings. The number of rotatable bonds is 5. The molecule has 2 aromatic carbocycles. The summed E-state index contributed by atoms with van der Waals surface area (Å²) < 4.78 is 18.2. The van der Waals surface area contributed by atoms with Gasteiger partial charge in [0.05, 0.1) is 12.8 Å². The lowest BCUT2D eigenvalue weighted by molar-refractivity contribution is -0.136. The van der Waals surface area contributed by atoms with Crippen molar-refractivity contribution in [3.05, 3.63) is 59.4 Å². The Morgan fingerprint density at radius 3 is 2.35 bits per heavy atom. The second-order valence-corrected chi connectivity index (χ2v) is 6.73. The summed E-state index contributed by atoms with van der Waals surface area (Å²) in [6, 6.07) is 11.4. The molecule has 0 aliphatic rings. The molecule has 0 atom stereocenters. The molecule has 0 aliphatic heterocycles. The van der Waals surface area contributed by atoms with E-state index in [0.717, 1.165) is 11.1 Å². The molecule has 2 amide bonds. The molecule has 2 aromatic rings. The number of hydrogen-bond acceptors (Lipinski definition) is 3. The first-order valence-corrected chi connectivity index (χ1v) is 8.23. The van der Waals surface area contributed by atoms with Crippen LogP contribution in [-0.2, 0) is 15.0 Å². The molecule has 0 aromatic heterocycles. The van der Waals surface area contributed by atoms with Crippen LogP contribution in [0.1, 0.15) is 25.0 Å². The van der Waals surface area contributed by atoms with E-state index in [9.17, 15) is 14.0 Å². The maximum atomic E-state index is 13.1. The topological polar surface area (TPSA) is 67.4 Å². The van der Waals surface area contributed by atoms with Crippen LogP contribution in [0.4, 0.5) is 10.1 Å². The fraction of sp³-hybridized carbons (Fsp3) is 0.300. The smallest absolute Gasteiger partial charge is 0.313 e. The van der Waals surface area contributed by atoms with Crippen LogP contribution in [0.3, 0.4) is 0 Å². The van der Waals surface area contributed by atoms with Crippen LogP contribution in [-0.4, -0.2) is 25.5 Å². The molecule has 138 valence electrons. The highest BCUT2D eigenvalue weighted by Gasteiger charge is 2.24. The van der Waals surface area contributed by atoms with Gasteiger partial charge in [0, 0.05) is 12.0 Å². The minimum atomic E-state index is -0.774. The van der Waals surface area contributed by atoms with Gasteiger partial charge in [-0.15, -0.1) is 0 Å². The van der Waals surface area contributed by atoms with E-state index in [1.165, 1.54) is 19.2 Å². The number of halogens is 1. The van der Waals surface area contributed by atoms with Gasteiger partial charge in [0.15, 0.2) is 0 Å². The molecule has 0 unspecified atom stereocenters. The number of amides is 2. The van der Waals surface area contributed by atoms with E-state index in [1.807, 2.05) is 26.8 Å². The summed E-state index contributed by atoms with van der Waals surface area (Å²) in [7, 11) is 1.49. The predicted octanol–water partition coefficient (Wildman–Crippen LogP) is 3.18. The summed E-state index contributed by atoms with van der Waals surface area (Å²) in [5, 5.41) is 5.18. The van der Waals surface area contributed by atoms with Gasteiger partial charge in [-0.2, -0.15) is 0 Å². The Hall–Kier alpha value is -2.89. The molecule has 26 heavy (non-hydrogen) atoms. The zero-order chi connectivity index (χ0) is 19.3. The Labute approximate surface area is 152 Å². The number of methoxy groups -OCH3 is 1. The van der Waals surface area contributed by atoms with Crippen LogP contribution in [0, 0.1) is 12.7 Å². The van der Waals surface area contributed by atoms with Crippen molar-refractivity contribution in [2.24, 2.45) is 0 Å². The fourth-order valence-electron chi connectivity index (χ4n) is 2.48. The number of aryl methyl sites for hydroxylation is 1. The third-order valence-electron chi connectivity index (χ3n) is 4.13. The molecular weight excluding hydrogens is 335 g/mol. The van der Waals surface area contributed by atoms with E-state index in [4.69, 9.17) is 4.74 Å². The first-order valence-electron chi connectivity index (χ1n) is 8.23. The molecule has 0 saturated heterocycles. The summed E-state index contributed by atoms with van der Waals surface area (Å²) in [6.07, 6.45) is 0. The fourth-order valence-corrected chi connectivity index (χ4v) is 2.48. The average Bonchev–Trinajstić information content (AvgIpc) is 2.60. The quantitative estimate of drug-likeness (QED) is 0.807. The van der Waals surface area contributed by atoms with Crippen molar-refractivity contribution in [2.45, 2.75) is 26.2 Å². The summed E-state index contributed by atoms with van der Waals surface area (Å²) in [4.78, 5) is 24.3. The number of anilines is 1. The first-order chi connectivity index (χ1) is 12.2. The summed E-state index contributed by atoms with van der Waals surface area (Å²) in [5.74, 6) is -1.36. The molecule has 0 radical (unpaired) electrons. The molecule has 0 bridgehead atoms. The molecule has 2 rings (SSSR count). The third kappa shape index (κ3) is 4.81. The lowest BCUT2D eigenvalue weighted by atomic mass is 9.84. The van der Waals surface area contributed by atoms with Gasteiger partial charge in [0.1, 0.15) is 11.6 Å². The van der Waals surface area contributed by atoms with Crippen LogP contribution in [0.5, 0.6) is 5.75 Å². The van der Waals surface area contributed by atoms with Gasteiger partial charge < -0.3 is 15.4 Å². The second-order valence-electron chi connectivity index (χ2n) is 6.73. The Kier molecular flexibility index (Phi) is 5.97. The summed E-state index contributed by atoms with van der Waals surface area (Å²) in [6.45, 7) is 5.92. The first kappa shape index (κ1) is 19.4. The van der Waals surface area contributed by atoms with Gasteiger partial charge in [-0.25, -0.2) is 4.39 Å². The van der Waals surface area contributed by atoms with Crippen LogP contribution < -0.4 is 15.4 Å². The molecule has 0 spiro atoms. The number of carbonyl (C=O) groups is 2. The largest absolute Gasteiger partial charge is 0.495 e. The van der Waals surface area contributed by atoms with E-state index in [2.05, 4.69) is 10.6 Å². The molecule has 2 N–H and O–H groups in total. The van der Waals surface area contributed by atoms with E-state index in [0.29, 0.717) is 11.4 Å². The SMILES string of the molecule is COc1ccc(C)cc1NC(=O)C(=O)NCC(C)(C)c1ccc(F)cc1. The molecular formula is C20H23FN2O3. The Morgan fingerprint density at radius 2 is 1.73 bits per heavy atom. The normalized spacial score (nSPS) is 11.0. The highest BCUT2D eigenvalue weighted by atomic mass is 19.1. The van der Waals surface area contributed by atoms with Crippen molar-refractivity contribution in [3.8, 4) is 5.75 Å². The maximum Gasteiger partial charge on any atom is 0.313 e. The van der Waals surface area contributed by atoms with Crippen LogP contribution in [0.25, 0.3) is 0 Å². The van der Waals surface area contributed by atoms with Crippen molar-refractivity contribution in [3.63, 3.8) is 0 Å². The lowest BCUT2D eigenvalue weighted by Crippen LogP contribution is -2.42. The predicted molar refractivity (Wildman–Crippen MR) is 98.8 cm³/mol. The van der Waals surface area contributed by atoms with Crippen LogP contribution in [0.15, 0.2) is 42.5 Å². The number of benzene rings is 2. The zero-order valence-corrected chi connectivity index (χ0v) is 15.4. The summed E-state index contributed by atoms with van der Waals surface area (Å²) >= 11 is 0. The van der Waals surface area contributed by atoms with Crippen molar-refractivity contribution >= 4 is 17.5 Å². The summed E-state index contributed by atoms with van der Waals surface area (Å²) in [5.41, 5.74) is 1.77. The number of nitrogens with one attached hydrogen (secondary N) is 2. The number of ether oxygens (including phenoxy) is 1. The van der Waals surface area contributed by atoms with Gasteiger partial charge in [-0.1, -0.05) is 32.0 Å². The van der Waals surface area contributed by atoms with Crippen LogP contribution in [0.2, 0.25) is 0 Å². The Balaban J connectivity index is 2.00. The van der Waals surface area contributed by atoms with Gasteiger partial charge in [-0.05, 0) is 42.3 Å². The zero-order valence-electron chi connectivity index (χ0n) is 15.4. The Bertz CT molecular complexity index is 801. The highest BCUT2D eigenvalue weighted by Crippen LogP contribution is 2.25. The maximum absolute atomic E-state index is 13.1. The van der Waals surface area contributed by atoms with E-state index in [-0.39, 0.29) is 12.4 Å². The molecule has 0 heterocycles. The van der Waals surface area contributed by atoms with E-state index >= 15 is 0 Å². The standard InChI is InChI=1S/C20H23FN2O3/c1-13-5-10-17(26-4)16(11-13)23-19(25)18(24)22-12-20(2,3)14-6-8-15(21)9-7-14/h5-11H,12H2,1-4H3,(H,22,24)(H,23,25). The van der Waals surface area contributed by atoms with Gasteiger partial charge in [0.25, 0.3) is 0 Å². The number of carbonyl (C=O) groups excluding carboxylic acids is 2.